The van der Waals surface area contributed by atoms with Crippen LogP contribution in [-0.4, -0.2) is 17.0 Å². The van der Waals surface area contributed by atoms with E-state index in [4.69, 9.17) is 5.11 Å². The molecule has 1 aromatic carbocycles. The van der Waals surface area contributed by atoms with Crippen LogP contribution < -0.4 is 5.32 Å². The number of aliphatic carboxylic acids is 1. The molecule has 0 radical (unpaired) electrons. The van der Waals surface area contributed by atoms with Crippen molar-refractivity contribution in [1.29, 1.82) is 0 Å². The maximum Gasteiger partial charge on any atom is 0.328 e. The Labute approximate surface area is 100.0 Å². The number of carboxylic acids is 1. The molecule has 17 heavy (non-hydrogen) atoms. The predicted octanol–water partition coefficient (Wildman–Crippen LogP) is 1.98. The van der Waals surface area contributed by atoms with Crippen LogP contribution in [0, 0.1) is 0 Å². The molecule has 0 bridgehead atoms. The summed E-state index contributed by atoms with van der Waals surface area (Å²) in [5.74, 6) is -1.05. The highest BCUT2D eigenvalue weighted by atomic mass is 16.4. The van der Waals surface area contributed by atoms with Crippen molar-refractivity contribution < 1.29 is 14.7 Å². The Kier molecular flexibility index (Phi) is 4.46. The molecule has 0 saturated carbocycles. The lowest BCUT2D eigenvalue weighted by Gasteiger charge is -2.12. The van der Waals surface area contributed by atoms with Gasteiger partial charge in [0.2, 0.25) is 5.91 Å². The fourth-order valence-electron chi connectivity index (χ4n) is 1.45. The second-order valence-corrected chi connectivity index (χ2v) is 3.76. The fourth-order valence-corrected chi connectivity index (χ4v) is 1.45. The van der Waals surface area contributed by atoms with Crippen molar-refractivity contribution in [1.82, 2.24) is 5.32 Å². The molecule has 1 rings (SSSR count). The van der Waals surface area contributed by atoms with Gasteiger partial charge < -0.3 is 10.4 Å². The quantitative estimate of drug-likeness (QED) is 0.781. The van der Waals surface area contributed by atoms with E-state index in [1.54, 1.807) is 0 Å². The molecule has 4 heteroatoms. The Morgan fingerprint density at radius 3 is 2.35 bits per heavy atom. The lowest BCUT2D eigenvalue weighted by atomic mass is 10.1. The van der Waals surface area contributed by atoms with Gasteiger partial charge in [0.25, 0.3) is 0 Å². The molecule has 0 aliphatic carbocycles. The minimum Gasteiger partial charge on any atom is -0.478 e. The molecule has 0 fully saturated rings. The number of hydrogen-bond donors (Lipinski definition) is 2. The molecule has 0 heterocycles. The van der Waals surface area contributed by atoms with E-state index in [0.717, 1.165) is 17.2 Å². The minimum atomic E-state index is -0.972. The van der Waals surface area contributed by atoms with Crippen molar-refractivity contribution in [2.24, 2.45) is 0 Å². The van der Waals surface area contributed by atoms with Gasteiger partial charge in [0.05, 0.1) is 6.04 Å². The minimum absolute atomic E-state index is 0.0509. The number of carbonyl (C=O) groups is 2. The zero-order valence-electron chi connectivity index (χ0n) is 9.81. The van der Waals surface area contributed by atoms with Gasteiger partial charge in [-0.2, -0.15) is 0 Å². The average Bonchev–Trinajstić information content (AvgIpc) is 2.26. The molecule has 1 atom stereocenters. The molecule has 0 aliphatic heterocycles. The first-order valence-corrected chi connectivity index (χ1v) is 5.27. The van der Waals surface area contributed by atoms with Gasteiger partial charge in [0.15, 0.2) is 0 Å². The Bertz CT molecular complexity index is 434. The lowest BCUT2D eigenvalue weighted by molar-refractivity contribution is -0.131. The summed E-state index contributed by atoms with van der Waals surface area (Å²) in [6.45, 7) is 3.37. The van der Waals surface area contributed by atoms with Gasteiger partial charge >= 0.3 is 5.97 Å². The molecule has 1 aromatic rings. The summed E-state index contributed by atoms with van der Waals surface area (Å²) in [5, 5.41) is 11.3. The van der Waals surface area contributed by atoms with Crippen LogP contribution in [-0.2, 0) is 9.59 Å². The van der Waals surface area contributed by atoms with Gasteiger partial charge in [-0.05, 0) is 24.1 Å². The zero-order chi connectivity index (χ0) is 12.8. The van der Waals surface area contributed by atoms with E-state index in [1.807, 2.05) is 31.2 Å². The number of amides is 1. The van der Waals surface area contributed by atoms with Crippen LogP contribution in [0.15, 0.2) is 30.3 Å². The van der Waals surface area contributed by atoms with E-state index in [2.05, 4.69) is 5.32 Å². The summed E-state index contributed by atoms with van der Waals surface area (Å²) in [6.07, 6.45) is 2.61. The molecule has 1 amide bonds. The summed E-state index contributed by atoms with van der Waals surface area (Å²) >= 11 is 0. The highest BCUT2D eigenvalue weighted by Crippen LogP contribution is 2.13. The number of rotatable bonds is 4. The standard InChI is InChI=1S/C13H15NO3/c1-9(14-10(2)15)12-6-3-11(4-7-12)5-8-13(16)17/h3-9H,1-2H3,(H,14,15)(H,16,17). The molecule has 90 valence electrons. The zero-order valence-corrected chi connectivity index (χ0v) is 9.81. The molecular weight excluding hydrogens is 218 g/mol. The van der Waals surface area contributed by atoms with Gasteiger partial charge in [-0.25, -0.2) is 4.79 Å². The van der Waals surface area contributed by atoms with E-state index in [9.17, 15) is 9.59 Å². The summed E-state index contributed by atoms with van der Waals surface area (Å²) in [5.41, 5.74) is 1.79. The normalized spacial score (nSPS) is 12.4. The number of carboxylic acid groups (broad SMARTS) is 1. The van der Waals surface area contributed by atoms with Crippen molar-refractivity contribution >= 4 is 18.0 Å². The summed E-state index contributed by atoms with van der Waals surface area (Å²) < 4.78 is 0. The SMILES string of the molecule is CC(=O)NC(C)c1ccc(C=CC(=O)O)cc1. The third kappa shape index (κ3) is 4.51. The predicted molar refractivity (Wildman–Crippen MR) is 65.3 cm³/mol. The van der Waals surface area contributed by atoms with E-state index >= 15 is 0 Å². The Morgan fingerprint density at radius 1 is 1.29 bits per heavy atom. The molecule has 0 spiro atoms. The van der Waals surface area contributed by atoms with Gasteiger partial charge in [-0.3, -0.25) is 4.79 Å². The van der Waals surface area contributed by atoms with Crippen LogP contribution >= 0.6 is 0 Å². The molecule has 0 saturated heterocycles. The number of carbonyl (C=O) groups excluding carboxylic acids is 1. The van der Waals surface area contributed by atoms with Crippen molar-refractivity contribution in [2.45, 2.75) is 19.9 Å². The van der Waals surface area contributed by atoms with Crippen molar-refractivity contribution in [2.75, 3.05) is 0 Å². The van der Waals surface area contributed by atoms with Gasteiger partial charge in [0.1, 0.15) is 0 Å². The van der Waals surface area contributed by atoms with Crippen molar-refractivity contribution in [3.05, 3.63) is 41.5 Å². The molecule has 1 unspecified atom stereocenters. The third-order valence-corrected chi connectivity index (χ3v) is 2.27. The topological polar surface area (TPSA) is 66.4 Å². The van der Waals surface area contributed by atoms with E-state index < -0.39 is 5.97 Å². The second-order valence-electron chi connectivity index (χ2n) is 3.76. The van der Waals surface area contributed by atoms with E-state index in [1.165, 1.54) is 13.0 Å². The fraction of sp³-hybridized carbons (Fsp3) is 0.231. The molecule has 2 N–H and O–H groups in total. The highest BCUT2D eigenvalue weighted by Gasteiger charge is 2.05. The third-order valence-electron chi connectivity index (χ3n) is 2.27. The van der Waals surface area contributed by atoms with Crippen LogP contribution in [0.2, 0.25) is 0 Å². The summed E-state index contributed by atoms with van der Waals surface area (Å²) in [7, 11) is 0. The second kappa shape index (κ2) is 5.84. The van der Waals surface area contributed by atoms with E-state index in [-0.39, 0.29) is 11.9 Å². The van der Waals surface area contributed by atoms with Gasteiger partial charge in [-0.1, -0.05) is 24.3 Å². The first kappa shape index (κ1) is 13.0. The monoisotopic (exact) mass is 233 g/mol. The maximum absolute atomic E-state index is 10.9. The van der Waals surface area contributed by atoms with Crippen LogP contribution in [0.3, 0.4) is 0 Å². The number of hydrogen-bond acceptors (Lipinski definition) is 2. The van der Waals surface area contributed by atoms with Gasteiger partial charge in [-0.15, -0.1) is 0 Å². The summed E-state index contributed by atoms with van der Waals surface area (Å²) in [6, 6.07) is 7.30. The number of benzene rings is 1. The maximum atomic E-state index is 10.9. The first-order chi connectivity index (χ1) is 7.99. The largest absolute Gasteiger partial charge is 0.478 e. The first-order valence-electron chi connectivity index (χ1n) is 5.27. The van der Waals surface area contributed by atoms with E-state index in [0.29, 0.717) is 0 Å². The Balaban J connectivity index is 2.74. The highest BCUT2D eigenvalue weighted by molar-refractivity contribution is 5.85. The summed E-state index contributed by atoms with van der Waals surface area (Å²) in [4.78, 5) is 21.2. The molecular formula is C13H15NO3. The van der Waals surface area contributed by atoms with Crippen LogP contribution in [0.1, 0.15) is 31.0 Å². The lowest BCUT2D eigenvalue weighted by Crippen LogP contribution is -2.23. The van der Waals surface area contributed by atoms with Crippen LogP contribution in [0.25, 0.3) is 6.08 Å². The van der Waals surface area contributed by atoms with Crippen molar-refractivity contribution in [3.63, 3.8) is 0 Å². The van der Waals surface area contributed by atoms with Gasteiger partial charge in [0, 0.05) is 13.0 Å². The van der Waals surface area contributed by atoms with Crippen molar-refractivity contribution in [3.8, 4) is 0 Å². The Hall–Kier alpha value is -2.10. The molecule has 0 aromatic heterocycles. The molecule has 0 aliphatic rings. The average molecular weight is 233 g/mol. The number of nitrogens with one attached hydrogen (secondary N) is 1. The smallest absolute Gasteiger partial charge is 0.328 e. The van der Waals surface area contributed by atoms with Crippen LogP contribution in [0.4, 0.5) is 0 Å². The Morgan fingerprint density at radius 2 is 1.88 bits per heavy atom. The molecule has 4 nitrogen and oxygen atoms in total. The van der Waals surface area contributed by atoms with Crippen LogP contribution in [0.5, 0.6) is 0 Å².